The molecule has 2 nitrogen and oxygen atoms in total. The number of benzene rings is 1. The number of ether oxygens (including phenoxy) is 1. The summed E-state index contributed by atoms with van der Waals surface area (Å²) in [6, 6.07) is 6.16. The van der Waals surface area contributed by atoms with Crippen LogP contribution in [0.15, 0.2) is 18.2 Å². The Hall–Kier alpha value is -0.860. The summed E-state index contributed by atoms with van der Waals surface area (Å²) in [5, 5.41) is 10.0. The molecule has 1 aliphatic rings. The van der Waals surface area contributed by atoms with E-state index in [1.54, 1.807) is 0 Å². The first-order valence-electron chi connectivity index (χ1n) is 6.00. The maximum atomic E-state index is 10.0. The molecular formula is C14H20O2. The van der Waals surface area contributed by atoms with Crippen molar-refractivity contribution in [1.29, 1.82) is 0 Å². The summed E-state index contributed by atoms with van der Waals surface area (Å²) in [4.78, 5) is 0. The molecule has 2 rings (SSSR count). The third-order valence-electron chi connectivity index (χ3n) is 3.12. The van der Waals surface area contributed by atoms with Gasteiger partial charge in [-0.1, -0.05) is 23.8 Å². The molecule has 2 heteroatoms. The molecule has 1 aromatic carbocycles. The Balaban J connectivity index is 1.90. The summed E-state index contributed by atoms with van der Waals surface area (Å²) in [5.74, 6) is 0.755. The van der Waals surface area contributed by atoms with E-state index >= 15 is 0 Å². The highest BCUT2D eigenvalue weighted by Crippen LogP contribution is 2.29. The van der Waals surface area contributed by atoms with Gasteiger partial charge in [0.25, 0.3) is 0 Å². The molecule has 0 radical (unpaired) electrons. The Labute approximate surface area is 97.3 Å². The monoisotopic (exact) mass is 220 g/mol. The molecule has 1 unspecified atom stereocenters. The predicted molar refractivity (Wildman–Crippen MR) is 64.4 cm³/mol. The Bertz CT molecular complexity index is 356. The minimum atomic E-state index is -0.487. The molecule has 0 saturated heterocycles. The average molecular weight is 220 g/mol. The molecule has 0 heterocycles. The largest absolute Gasteiger partial charge is 0.386 e. The third kappa shape index (κ3) is 3.06. The highest BCUT2D eigenvalue weighted by Gasteiger charge is 2.22. The molecule has 1 aromatic rings. The number of aryl methyl sites for hydroxylation is 2. The number of aliphatic hydroxyl groups excluding tert-OH is 1. The van der Waals surface area contributed by atoms with Crippen LogP contribution < -0.4 is 0 Å². The minimum Gasteiger partial charge on any atom is -0.386 e. The first kappa shape index (κ1) is 11.6. The molecule has 1 saturated carbocycles. The van der Waals surface area contributed by atoms with E-state index < -0.39 is 6.10 Å². The molecular weight excluding hydrogens is 200 g/mol. The van der Waals surface area contributed by atoms with Gasteiger partial charge in [-0.05, 0) is 43.7 Å². The fourth-order valence-corrected chi connectivity index (χ4v) is 1.84. The van der Waals surface area contributed by atoms with Gasteiger partial charge in [-0.25, -0.2) is 0 Å². The van der Waals surface area contributed by atoms with Gasteiger partial charge in [0.2, 0.25) is 0 Å². The second-order valence-electron chi connectivity index (χ2n) is 4.86. The zero-order valence-electron chi connectivity index (χ0n) is 10.1. The van der Waals surface area contributed by atoms with Gasteiger partial charge in [0.15, 0.2) is 0 Å². The van der Waals surface area contributed by atoms with Gasteiger partial charge in [0.05, 0.1) is 6.61 Å². The van der Waals surface area contributed by atoms with Crippen LogP contribution >= 0.6 is 0 Å². The van der Waals surface area contributed by atoms with Crippen molar-refractivity contribution in [3.8, 4) is 0 Å². The topological polar surface area (TPSA) is 29.5 Å². The van der Waals surface area contributed by atoms with Gasteiger partial charge in [-0.3, -0.25) is 0 Å². The SMILES string of the molecule is Cc1ccc(C)c(C(O)COCC2CC2)c1. The van der Waals surface area contributed by atoms with Crippen LogP contribution in [-0.4, -0.2) is 18.3 Å². The molecule has 0 aromatic heterocycles. The summed E-state index contributed by atoms with van der Waals surface area (Å²) in [7, 11) is 0. The molecule has 88 valence electrons. The number of aliphatic hydroxyl groups is 1. The van der Waals surface area contributed by atoms with E-state index in [4.69, 9.17) is 4.74 Å². The summed E-state index contributed by atoms with van der Waals surface area (Å²) in [5.41, 5.74) is 3.31. The zero-order chi connectivity index (χ0) is 11.5. The molecule has 1 fully saturated rings. The van der Waals surface area contributed by atoms with Gasteiger partial charge < -0.3 is 9.84 Å². The Morgan fingerprint density at radius 2 is 2.12 bits per heavy atom. The van der Waals surface area contributed by atoms with Crippen LogP contribution in [-0.2, 0) is 4.74 Å². The molecule has 1 N–H and O–H groups in total. The van der Waals surface area contributed by atoms with Crippen molar-refractivity contribution in [2.24, 2.45) is 5.92 Å². The van der Waals surface area contributed by atoms with E-state index in [0.29, 0.717) is 6.61 Å². The van der Waals surface area contributed by atoms with Crippen LogP contribution in [0.3, 0.4) is 0 Å². The van der Waals surface area contributed by atoms with Crippen LogP contribution in [0.5, 0.6) is 0 Å². The van der Waals surface area contributed by atoms with Gasteiger partial charge >= 0.3 is 0 Å². The van der Waals surface area contributed by atoms with Crippen molar-refractivity contribution < 1.29 is 9.84 Å². The fraction of sp³-hybridized carbons (Fsp3) is 0.571. The van der Waals surface area contributed by atoms with E-state index in [0.717, 1.165) is 23.7 Å². The van der Waals surface area contributed by atoms with Crippen LogP contribution in [0.4, 0.5) is 0 Å². The quantitative estimate of drug-likeness (QED) is 0.826. The number of hydrogen-bond donors (Lipinski definition) is 1. The van der Waals surface area contributed by atoms with E-state index in [-0.39, 0.29) is 0 Å². The molecule has 0 bridgehead atoms. The molecule has 1 atom stereocenters. The van der Waals surface area contributed by atoms with Crippen LogP contribution in [0.2, 0.25) is 0 Å². The summed E-state index contributed by atoms with van der Waals surface area (Å²) in [6.45, 7) is 5.29. The van der Waals surface area contributed by atoms with Gasteiger partial charge in [0, 0.05) is 6.61 Å². The van der Waals surface area contributed by atoms with Crippen molar-refractivity contribution in [2.75, 3.05) is 13.2 Å². The minimum absolute atomic E-state index is 0.417. The van der Waals surface area contributed by atoms with Gasteiger partial charge in [0.1, 0.15) is 6.10 Å². The number of hydrogen-bond acceptors (Lipinski definition) is 2. The summed E-state index contributed by atoms with van der Waals surface area (Å²) < 4.78 is 5.52. The lowest BCUT2D eigenvalue weighted by molar-refractivity contribution is 0.0312. The smallest absolute Gasteiger partial charge is 0.103 e. The number of rotatable bonds is 5. The molecule has 0 spiro atoms. The molecule has 1 aliphatic carbocycles. The predicted octanol–water partition coefficient (Wildman–Crippen LogP) is 2.76. The standard InChI is InChI=1S/C14H20O2/c1-10-3-4-11(2)13(7-10)14(15)9-16-8-12-5-6-12/h3-4,7,12,14-15H,5-6,8-9H2,1-2H3. The van der Waals surface area contributed by atoms with Crippen molar-refractivity contribution in [3.63, 3.8) is 0 Å². The first-order chi connectivity index (χ1) is 7.66. The first-order valence-corrected chi connectivity index (χ1v) is 6.00. The lowest BCUT2D eigenvalue weighted by Crippen LogP contribution is -2.10. The molecule has 0 aliphatic heterocycles. The normalized spacial score (nSPS) is 17.4. The van der Waals surface area contributed by atoms with Gasteiger partial charge in [-0.2, -0.15) is 0 Å². The van der Waals surface area contributed by atoms with E-state index in [1.165, 1.54) is 18.4 Å². The zero-order valence-corrected chi connectivity index (χ0v) is 10.1. The van der Waals surface area contributed by atoms with E-state index in [9.17, 15) is 5.11 Å². The maximum Gasteiger partial charge on any atom is 0.103 e. The van der Waals surface area contributed by atoms with Crippen LogP contribution in [0.1, 0.15) is 35.6 Å². The van der Waals surface area contributed by atoms with Crippen LogP contribution in [0.25, 0.3) is 0 Å². The summed E-state index contributed by atoms with van der Waals surface area (Å²) in [6.07, 6.45) is 2.10. The average Bonchev–Trinajstić information content (AvgIpc) is 3.05. The van der Waals surface area contributed by atoms with Crippen molar-refractivity contribution in [2.45, 2.75) is 32.8 Å². The lowest BCUT2D eigenvalue weighted by atomic mass is 10.0. The van der Waals surface area contributed by atoms with Crippen molar-refractivity contribution in [3.05, 3.63) is 34.9 Å². The second-order valence-corrected chi connectivity index (χ2v) is 4.86. The lowest BCUT2D eigenvalue weighted by Gasteiger charge is -2.14. The fourth-order valence-electron chi connectivity index (χ4n) is 1.84. The van der Waals surface area contributed by atoms with Crippen LogP contribution in [0, 0.1) is 19.8 Å². The van der Waals surface area contributed by atoms with E-state index in [2.05, 4.69) is 12.1 Å². The summed E-state index contributed by atoms with van der Waals surface area (Å²) >= 11 is 0. The molecule has 16 heavy (non-hydrogen) atoms. The Morgan fingerprint density at radius 1 is 1.38 bits per heavy atom. The highest BCUT2D eigenvalue weighted by atomic mass is 16.5. The highest BCUT2D eigenvalue weighted by molar-refractivity contribution is 5.32. The Morgan fingerprint density at radius 3 is 2.81 bits per heavy atom. The second kappa shape index (κ2) is 4.98. The van der Waals surface area contributed by atoms with Gasteiger partial charge in [-0.15, -0.1) is 0 Å². The van der Waals surface area contributed by atoms with E-state index in [1.807, 2.05) is 19.9 Å². The third-order valence-corrected chi connectivity index (χ3v) is 3.12. The van der Waals surface area contributed by atoms with Crippen molar-refractivity contribution >= 4 is 0 Å². The van der Waals surface area contributed by atoms with Crippen molar-refractivity contribution in [1.82, 2.24) is 0 Å². The maximum absolute atomic E-state index is 10.0. The Kier molecular flexibility index (Phi) is 3.62. The molecule has 0 amide bonds.